The van der Waals surface area contributed by atoms with Gasteiger partial charge in [0.1, 0.15) is 11.7 Å². The fraction of sp³-hybridized carbons (Fsp3) is 0.533. The van der Waals surface area contributed by atoms with Gasteiger partial charge in [0.25, 0.3) is 0 Å². The molecule has 1 fully saturated rings. The van der Waals surface area contributed by atoms with Crippen LogP contribution in [0.5, 0.6) is 0 Å². The van der Waals surface area contributed by atoms with Gasteiger partial charge in [0.2, 0.25) is 0 Å². The fourth-order valence-electron chi connectivity index (χ4n) is 3.17. The van der Waals surface area contributed by atoms with Crippen molar-refractivity contribution in [2.45, 2.75) is 38.5 Å². The molecule has 0 amide bonds. The second-order valence-electron chi connectivity index (χ2n) is 5.54. The number of piperidine rings is 1. The van der Waals surface area contributed by atoms with E-state index in [2.05, 4.69) is 16.8 Å². The van der Waals surface area contributed by atoms with Crippen LogP contribution in [0.15, 0.2) is 18.5 Å². The first-order valence-electron chi connectivity index (χ1n) is 7.36. The SMILES string of the molecule is CCCN1CCCC(O)C1n1cnc2c(Cl)c(Cl)ccc21. The maximum Gasteiger partial charge on any atom is 0.114 e. The Morgan fingerprint density at radius 2 is 2.19 bits per heavy atom. The van der Waals surface area contributed by atoms with Crippen molar-refractivity contribution >= 4 is 34.2 Å². The highest BCUT2D eigenvalue weighted by Gasteiger charge is 2.32. The van der Waals surface area contributed by atoms with Gasteiger partial charge in [-0.25, -0.2) is 4.98 Å². The summed E-state index contributed by atoms with van der Waals surface area (Å²) in [5.41, 5.74) is 1.61. The van der Waals surface area contributed by atoms with E-state index >= 15 is 0 Å². The molecule has 1 aromatic heterocycles. The Bertz CT molecular complexity index is 641. The predicted molar refractivity (Wildman–Crippen MR) is 85.9 cm³/mol. The first kappa shape index (κ1) is 15.1. The average Bonchev–Trinajstić information content (AvgIpc) is 2.88. The number of benzene rings is 1. The lowest BCUT2D eigenvalue weighted by atomic mass is 10.0. The molecule has 6 heteroatoms. The van der Waals surface area contributed by atoms with Crippen LogP contribution in [0.2, 0.25) is 10.0 Å². The molecule has 1 aliphatic heterocycles. The molecule has 2 heterocycles. The van der Waals surface area contributed by atoms with E-state index in [1.54, 1.807) is 12.4 Å². The van der Waals surface area contributed by atoms with Crippen molar-refractivity contribution in [3.63, 3.8) is 0 Å². The lowest BCUT2D eigenvalue weighted by Gasteiger charge is -2.39. The standard InChI is InChI=1S/C15H19Cl2N3O/c1-2-7-19-8-3-4-12(21)15(19)20-9-18-14-11(20)6-5-10(16)13(14)17/h5-6,9,12,15,21H,2-4,7-8H2,1H3. The van der Waals surface area contributed by atoms with Gasteiger partial charge in [-0.3, -0.25) is 4.90 Å². The van der Waals surface area contributed by atoms with Crippen LogP contribution in [0.3, 0.4) is 0 Å². The molecule has 0 radical (unpaired) electrons. The monoisotopic (exact) mass is 327 g/mol. The highest BCUT2D eigenvalue weighted by Crippen LogP contribution is 2.34. The summed E-state index contributed by atoms with van der Waals surface area (Å²) in [4.78, 5) is 6.71. The third-order valence-electron chi connectivity index (χ3n) is 4.10. The van der Waals surface area contributed by atoms with Crippen LogP contribution in [0.25, 0.3) is 11.0 Å². The van der Waals surface area contributed by atoms with Crippen molar-refractivity contribution in [1.82, 2.24) is 14.5 Å². The van der Waals surface area contributed by atoms with Crippen LogP contribution in [0, 0.1) is 0 Å². The van der Waals surface area contributed by atoms with Crippen LogP contribution >= 0.6 is 23.2 Å². The second kappa shape index (κ2) is 6.13. The van der Waals surface area contributed by atoms with Gasteiger partial charge in [-0.1, -0.05) is 30.1 Å². The van der Waals surface area contributed by atoms with E-state index in [9.17, 15) is 5.11 Å². The Hall–Kier alpha value is -0.810. The zero-order valence-electron chi connectivity index (χ0n) is 12.0. The summed E-state index contributed by atoms with van der Waals surface area (Å²) in [5, 5.41) is 11.4. The molecule has 3 rings (SSSR count). The summed E-state index contributed by atoms with van der Waals surface area (Å²) in [6.45, 7) is 4.11. The smallest absolute Gasteiger partial charge is 0.114 e. The molecule has 1 aliphatic rings. The fourth-order valence-corrected chi connectivity index (χ4v) is 3.54. The van der Waals surface area contributed by atoms with E-state index < -0.39 is 6.10 Å². The summed E-state index contributed by atoms with van der Waals surface area (Å²) < 4.78 is 2.02. The van der Waals surface area contributed by atoms with E-state index in [1.807, 2.05) is 10.6 Å². The van der Waals surface area contributed by atoms with Gasteiger partial charge in [0.05, 0.1) is 28.0 Å². The molecular formula is C15H19Cl2N3O. The molecule has 0 saturated carbocycles. The number of imidazole rings is 1. The van der Waals surface area contributed by atoms with E-state index in [0.29, 0.717) is 15.6 Å². The van der Waals surface area contributed by atoms with Crippen molar-refractivity contribution in [3.8, 4) is 0 Å². The van der Waals surface area contributed by atoms with Crippen LogP contribution in [0.4, 0.5) is 0 Å². The van der Waals surface area contributed by atoms with Gasteiger partial charge in [0, 0.05) is 6.54 Å². The Kier molecular flexibility index (Phi) is 4.41. The normalized spacial score (nSPS) is 23.8. The number of nitrogens with zero attached hydrogens (tertiary/aromatic N) is 3. The molecule has 2 aromatic rings. The van der Waals surface area contributed by atoms with Crippen molar-refractivity contribution in [2.75, 3.05) is 13.1 Å². The highest BCUT2D eigenvalue weighted by atomic mass is 35.5. The number of aliphatic hydroxyl groups excluding tert-OH is 1. The molecular weight excluding hydrogens is 309 g/mol. The van der Waals surface area contributed by atoms with Crippen LogP contribution in [-0.2, 0) is 0 Å². The van der Waals surface area contributed by atoms with Crippen molar-refractivity contribution in [1.29, 1.82) is 0 Å². The maximum absolute atomic E-state index is 10.5. The van der Waals surface area contributed by atoms with Crippen LogP contribution in [0.1, 0.15) is 32.4 Å². The molecule has 1 aromatic carbocycles. The van der Waals surface area contributed by atoms with E-state index in [1.165, 1.54) is 0 Å². The van der Waals surface area contributed by atoms with Crippen molar-refractivity contribution in [2.24, 2.45) is 0 Å². The average molecular weight is 328 g/mol. The summed E-state index contributed by atoms with van der Waals surface area (Å²) in [6, 6.07) is 3.70. The number of hydrogen-bond donors (Lipinski definition) is 1. The summed E-state index contributed by atoms with van der Waals surface area (Å²) in [6.07, 6.45) is 4.18. The zero-order chi connectivity index (χ0) is 15.0. The van der Waals surface area contributed by atoms with E-state index in [0.717, 1.165) is 37.9 Å². The molecule has 1 saturated heterocycles. The largest absolute Gasteiger partial charge is 0.390 e. The minimum atomic E-state index is -0.392. The van der Waals surface area contributed by atoms with E-state index in [4.69, 9.17) is 23.2 Å². The first-order valence-corrected chi connectivity index (χ1v) is 8.11. The molecule has 2 atom stereocenters. The third kappa shape index (κ3) is 2.66. The molecule has 0 aliphatic carbocycles. The summed E-state index contributed by atoms with van der Waals surface area (Å²) >= 11 is 12.3. The Labute approximate surface area is 134 Å². The quantitative estimate of drug-likeness (QED) is 0.934. The topological polar surface area (TPSA) is 41.3 Å². The molecule has 21 heavy (non-hydrogen) atoms. The van der Waals surface area contributed by atoms with Gasteiger partial charge >= 0.3 is 0 Å². The van der Waals surface area contributed by atoms with Crippen LogP contribution in [-0.4, -0.2) is 38.8 Å². The first-order chi connectivity index (χ1) is 10.1. The number of fused-ring (bicyclic) bond motifs is 1. The highest BCUT2D eigenvalue weighted by molar-refractivity contribution is 6.44. The number of rotatable bonds is 3. The Morgan fingerprint density at radius 1 is 1.38 bits per heavy atom. The number of aromatic nitrogens is 2. The van der Waals surface area contributed by atoms with Gasteiger partial charge in [-0.2, -0.15) is 0 Å². The summed E-state index contributed by atoms with van der Waals surface area (Å²) in [5.74, 6) is 0. The van der Waals surface area contributed by atoms with Gasteiger partial charge in [0.15, 0.2) is 0 Å². The number of aliphatic hydroxyl groups is 1. The van der Waals surface area contributed by atoms with E-state index in [-0.39, 0.29) is 6.17 Å². The molecule has 1 N–H and O–H groups in total. The second-order valence-corrected chi connectivity index (χ2v) is 6.33. The zero-order valence-corrected chi connectivity index (χ0v) is 13.5. The minimum absolute atomic E-state index is 0.0825. The van der Waals surface area contributed by atoms with Crippen molar-refractivity contribution < 1.29 is 5.11 Å². The Balaban J connectivity index is 2.07. The number of likely N-dealkylation sites (tertiary alicyclic amines) is 1. The number of hydrogen-bond acceptors (Lipinski definition) is 3. The third-order valence-corrected chi connectivity index (χ3v) is 4.89. The molecule has 4 nitrogen and oxygen atoms in total. The van der Waals surface area contributed by atoms with Gasteiger partial charge < -0.3 is 9.67 Å². The van der Waals surface area contributed by atoms with Gasteiger partial charge in [-0.05, 0) is 37.9 Å². The maximum atomic E-state index is 10.5. The minimum Gasteiger partial charge on any atom is -0.390 e. The molecule has 0 spiro atoms. The van der Waals surface area contributed by atoms with Crippen LogP contribution < -0.4 is 0 Å². The lowest BCUT2D eigenvalue weighted by molar-refractivity contribution is -0.0255. The molecule has 0 bridgehead atoms. The molecule has 114 valence electrons. The van der Waals surface area contributed by atoms with Crippen molar-refractivity contribution in [3.05, 3.63) is 28.5 Å². The Morgan fingerprint density at radius 3 is 2.95 bits per heavy atom. The lowest BCUT2D eigenvalue weighted by Crippen LogP contribution is -2.44. The van der Waals surface area contributed by atoms with Gasteiger partial charge in [-0.15, -0.1) is 0 Å². The molecule has 2 unspecified atom stereocenters. The summed E-state index contributed by atoms with van der Waals surface area (Å²) in [7, 11) is 0. The number of halogens is 2. The predicted octanol–water partition coefficient (Wildman–Crippen LogP) is 3.71.